The van der Waals surface area contributed by atoms with E-state index in [0.717, 1.165) is 66.8 Å². The summed E-state index contributed by atoms with van der Waals surface area (Å²) in [5.74, 6) is 0.590. The van der Waals surface area contributed by atoms with E-state index < -0.39 is 0 Å². The van der Waals surface area contributed by atoms with E-state index in [1.807, 2.05) is 36.4 Å². The molecule has 190 valence electrons. The molecule has 0 aliphatic carbocycles. The van der Waals surface area contributed by atoms with Crippen LogP contribution in [0.1, 0.15) is 44.5 Å². The maximum atomic E-state index is 11.6. The molecule has 2 nitrogen and oxygen atoms in total. The molecule has 0 unspecified atom stereocenters. The van der Waals surface area contributed by atoms with Crippen LogP contribution < -0.4 is 0 Å². The predicted molar refractivity (Wildman–Crippen MR) is 158 cm³/mol. The number of phenolic OH excluding ortho intramolecular Hbond substituents is 2. The van der Waals surface area contributed by atoms with Gasteiger partial charge in [0.15, 0.2) is 0 Å². The van der Waals surface area contributed by atoms with E-state index in [9.17, 15) is 10.2 Å². The minimum Gasteiger partial charge on any atom is -0.507 e. The fourth-order valence-electron chi connectivity index (χ4n) is 5.39. The van der Waals surface area contributed by atoms with Crippen LogP contribution in [0.2, 0.25) is 0 Å². The Morgan fingerprint density at radius 3 is 1.50 bits per heavy atom. The Kier molecular flexibility index (Phi) is 7.07. The largest absolute Gasteiger partial charge is 0.507 e. The van der Waals surface area contributed by atoms with Crippen LogP contribution in [0.25, 0.3) is 22.3 Å². The summed E-state index contributed by atoms with van der Waals surface area (Å²) in [7, 11) is 0. The van der Waals surface area contributed by atoms with E-state index in [1.165, 1.54) is 0 Å². The molecular formula is C36H34O2. The molecule has 0 saturated carbocycles. The van der Waals surface area contributed by atoms with Crippen LogP contribution in [0.5, 0.6) is 11.5 Å². The topological polar surface area (TPSA) is 40.5 Å². The molecule has 0 radical (unpaired) electrons. The Morgan fingerprint density at radius 2 is 0.974 bits per heavy atom. The van der Waals surface area contributed by atoms with E-state index >= 15 is 0 Å². The molecule has 0 aromatic heterocycles. The van der Waals surface area contributed by atoms with Gasteiger partial charge in [-0.2, -0.15) is 0 Å². The highest BCUT2D eigenvalue weighted by Gasteiger charge is 2.21. The average Bonchev–Trinajstić information content (AvgIpc) is 2.91. The van der Waals surface area contributed by atoms with Gasteiger partial charge in [-0.1, -0.05) is 84.9 Å². The number of phenols is 2. The van der Waals surface area contributed by atoms with Crippen molar-refractivity contribution in [1.29, 1.82) is 0 Å². The quantitative estimate of drug-likeness (QED) is 0.245. The molecular weight excluding hydrogens is 464 g/mol. The van der Waals surface area contributed by atoms with Crippen molar-refractivity contribution in [2.24, 2.45) is 0 Å². The number of hydrogen-bond acceptors (Lipinski definition) is 2. The van der Waals surface area contributed by atoms with Gasteiger partial charge in [-0.05, 0) is 95.5 Å². The van der Waals surface area contributed by atoms with Crippen LogP contribution in [0, 0.1) is 27.7 Å². The molecule has 38 heavy (non-hydrogen) atoms. The van der Waals surface area contributed by atoms with Crippen molar-refractivity contribution in [2.45, 2.75) is 40.5 Å². The van der Waals surface area contributed by atoms with Gasteiger partial charge in [-0.15, -0.1) is 0 Å². The molecule has 5 rings (SSSR count). The standard InChI is InChI=1S/C36H34O2/c1-23-17-29(21-27-11-7-5-8-12-27)35(37)32(19-23)31-16-15-25(3)26(4)34(31)33-20-24(2)18-30(36(33)38)22-28-13-9-6-10-14-28/h5-20,37-38H,21-22H2,1-4H3. The van der Waals surface area contributed by atoms with Gasteiger partial charge in [0.25, 0.3) is 0 Å². The lowest BCUT2D eigenvalue weighted by Gasteiger charge is -2.21. The Bertz CT molecular complexity index is 1600. The van der Waals surface area contributed by atoms with Crippen LogP contribution in [0.15, 0.2) is 97.1 Å². The predicted octanol–water partition coefficient (Wildman–Crippen LogP) is 8.85. The van der Waals surface area contributed by atoms with E-state index in [-0.39, 0.29) is 0 Å². The SMILES string of the molecule is Cc1cc(Cc2ccccc2)c(O)c(-c2ccc(C)c(C)c2-c2cc(C)cc(Cc3ccccc3)c2O)c1. The summed E-state index contributed by atoms with van der Waals surface area (Å²) < 4.78 is 0. The second-order valence-electron chi connectivity index (χ2n) is 10.4. The molecule has 0 aliphatic heterocycles. The van der Waals surface area contributed by atoms with E-state index in [1.54, 1.807) is 0 Å². The van der Waals surface area contributed by atoms with Crippen LogP contribution in [0.3, 0.4) is 0 Å². The summed E-state index contributed by atoms with van der Waals surface area (Å²) >= 11 is 0. The molecule has 5 aromatic rings. The van der Waals surface area contributed by atoms with Crippen molar-refractivity contribution in [2.75, 3.05) is 0 Å². The van der Waals surface area contributed by atoms with Gasteiger partial charge in [0.05, 0.1) is 0 Å². The van der Waals surface area contributed by atoms with Crippen LogP contribution in [0.4, 0.5) is 0 Å². The minimum atomic E-state index is 0.292. The van der Waals surface area contributed by atoms with E-state index in [0.29, 0.717) is 24.3 Å². The number of hydrogen-bond donors (Lipinski definition) is 2. The number of benzene rings is 5. The van der Waals surface area contributed by atoms with E-state index in [2.05, 4.69) is 88.4 Å². The molecule has 0 bridgehead atoms. The van der Waals surface area contributed by atoms with Crippen LogP contribution in [-0.4, -0.2) is 10.2 Å². The second-order valence-corrected chi connectivity index (χ2v) is 10.4. The molecule has 0 atom stereocenters. The summed E-state index contributed by atoms with van der Waals surface area (Å²) in [6.45, 7) is 8.34. The van der Waals surface area contributed by atoms with Crippen molar-refractivity contribution in [3.63, 3.8) is 0 Å². The lowest BCUT2D eigenvalue weighted by Crippen LogP contribution is -1.98. The Morgan fingerprint density at radius 1 is 0.500 bits per heavy atom. The maximum Gasteiger partial charge on any atom is 0.126 e. The fourth-order valence-corrected chi connectivity index (χ4v) is 5.39. The van der Waals surface area contributed by atoms with Crippen molar-refractivity contribution in [1.82, 2.24) is 0 Å². The maximum absolute atomic E-state index is 11.6. The molecule has 0 saturated heterocycles. The van der Waals surface area contributed by atoms with Crippen molar-refractivity contribution in [3.8, 4) is 33.8 Å². The number of rotatable bonds is 6. The van der Waals surface area contributed by atoms with Crippen molar-refractivity contribution < 1.29 is 10.2 Å². The summed E-state index contributed by atoms with van der Waals surface area (Å²) in [4.78, 5) is 0. The molecule has 0 spiro atoms. The van der Waals surface area contributed by atoms with Crippen LogP contribution >= 0.6 is 0 Å². The first-order valence-electron chi connectivity index (χ1n) is 13.2. The average molecular weight is 499 g/mol. The molecule has 5 aromatic carbocycles. The highest BCUT2D eigenvalue weighted by atomic mass is 16.3. The zero-order valence-electron chi connectivity index (χ0n) is 22.5. The van der Waals surface area contributed by atoms with Gasteiger partial charge >= 0.3 is 0 Å². The van der Waals surface area contributed by atoms with Gasteiger partial charge in [-0.3, -0.25) is 0 Å². The fraction of sp³-hybridized carbons (Fsp3) is 0.167. The van der Waals surface area contributed by atoms with Gasteiger partial charge in [0.1, 0.15) is 11.5 Å². The van der Waals surface area contributed by atoms with Crippen LogP contribution in [-0.2, 0) is 12.8 Å². The molecule has 2 heteroatoms. The number of aromatic hydroxyl groups is 2. The lowest BCUT2D eigenvalue weighted by atomic mass is 9.84. The molecule has 2 N–H and O–H groups in total. The second kappa shape index (κ2) is 10.6. The summed E-state index contributed by atoms with van der Waals surface area (Å²) in [6.07, 6.45) is 1.30. The van der Waals surface area contributed by atoms with Crippen molar-refractivity contribution in [3.05, 3.63) is 142 Å². The highest BCUT2D eigenvalue weighted by Crippen LogP contribution is 2.45. The zero-order chi connectivity index (χ0) is 26.8. The number of aryl methyl sites for hydroxylation is 3. The third-order valence-corrected chi connectivity index (χ3v) is 7.44. The van der Waals surface area contributed by atoms with Gasteiger partial charge in [0, 0.05) is 24.0 Å². The third kappa shape index (κ3) is 5.08. The Balaban J connectivity index is 1.69. The summed E-state index contributed by atoms with van der Waals surface area (Å²) in [6, 6.07) is 32.9. The summed E-state index contributed by atoms with van der Waals surface area (Å²) in [5, 5.41) is 23.2. The lowest BCUT2D eigenvalue weighted by molar-refractivity contribution is 0.470. The van der Waals surface area contributed by atoms with Gasteiger partial charge in [0.2, 0.25) is 0 Å². The monoisotopic (exact) mass is 498 g/mol. The molecule has 0 amide bonds. The van der Waals surface area contributed by atoms with Gasteiger partial charge in [-0.25, -0.2) is 0 Å². The Hall–Kier alpha value is -4.30. The highest BCUT2D eigenvalue weighted by molar-refractivity contribution is 5.92. The smallest absolute Gasteiger partial charge is 0.126 e. The molecule has 0 heterocycles. The summed E-state index contributed by atoms with van der Waals surface area (Å²) in [5.41, 5.74) is 12.0. The first kappa shape index (κ1) is 25.4. The Labute approximate surface area is 225 Å². The first-order chi connectivity index (χ1) is 18.3. The minimum absolute atomic E-state index is 0.292. The normalized spacial score (nSPS) is 11.1. The first-order valence-corrected chi connectivity index (χ1v) is 13.2. The van der Waals surface area contributed by atoms with Crippen molar-refractivity contribution >= 4 is 0 Å². The molecule has 0 fully saturated rings. The molecule has 0 aliphatic rings. The van der Waals surface area contributed by atoms with E-state index in [4.69, 9.17) is 0 Å². The third-order valence-electron chi connectivity index (χ3n) is 7.44. The zero-order valence-corrected chi connectivity index (χ0v) is 22.5. The van der Waals surface area contributed by atoms with Gasteiger partial charge < -0.3 is 10.2 Å².